The van der Waals surface area contributed by atoms with Gasteiger partial charge in [-0.25, -0.2) is 4.99 Å². The molecule has 2 aromatic heterocycles. The van der Waals surface area contributed by atoms with E-state index in [0.29, 0.717) is 18.3 Å². The van der Waals surface area contributed by atoms with Crippen LogP contribution < -0.4 is 11.1 Å². The molecule has 2 rings (SSSR count). The Balaban J connectivity index is 0.00000180. The van der Waals surface area contributed by atoms with Crippen LogP contribution in [0.2, 0.25) is 0 Å². The highest BCUT2D eigenvalue weighted by Gasteiger charge is 1.99. The second-order valence-electron chi connectivity index (χ2n) is 3.65. The van der Waals surface area contributed by atoms with Crippen LogP contribution in [0.15, 0.2) is 22.5 Å². The van der Waals surface area contributed by atoms with Gasteiger partial charge in [0.15, 0.2) is 11.8 Å². The first-order valence-electron chi connectivity index (χ1n) is 5.53. The number of nitrogens with two attached hydrogens (primary N) is 1. The molecule has 0 radical (unpaired) electrons. The minimum absolute atomic E-state index is 0. The van der Waals surface area contributed by atoms with Crippen molar-refractivity contribution in [2.45, 2.75) is 13.0 Å². The minimum Gasteiger partial charge on any atom is -0.370 e. The summed E-state index contributed by atoms with van der Waals surface area (Å²) in [6.45, 7) is 1.11. The molecule has 2 heterocycles. The summed E-state index contributed by atoms with van der Waals surface area (Å²) in [6, 6.07) is 4.14. The van der Waals surface area contributed by atoms with Crippen molar-refractivity contribution in [3.8, 4) is 0 Å². The van der Waals surface area contributed by atoms with E-state index in [-0.39, 0.29) is 24.0 Å². The molecule has 0 aliphatic rings. The summed E-state index contributed by atoms with van der Waals surface area (Å²) < 4.78 is 0. The lowest BCUT2D eigenvalue weighted by atomic mass is 10.3. The second kappa shape index (κ2) is 8.04. The van der Waals surface area contributed by atoms with E-state index in [0.717, 1.165) is 13.0 Å². The Hall–Kier alpha value is -1.23. The SMILES string of the molecule is Cn1nnc(CN=C(N)NCCc2cccs2)n1.I. The van der Waals surface area contributed by atoms with Gasteiger partial charge in [0.25, 0.3) is 0 Å². The van der Waals surface area contributed by atoms with Gasteiger partial charge >= 0.3 is 0 Å². The molecule has 0 aliphatic carbocycles. The van der Waals surface area contributed by atoms with Gasteiger partial charge in [-0.15, -0.1) is 45.5 Å². The standard InChI is InChI=1S/C10H15N7S.HI/c1-17-15-9(14-16-17)7-13-10(11)12-5-4-8-3-2-6-18-8;/h2-3,6H,4-5,7H2,1H3,(H3,11,12,13);1H. The zero-order valence-electron chi connectivity index (χ0n) is 10.5. The average Bonchev–Trinajstić information content (AvgIpc) is 2.98. The maximum Gasteiger partial charge on any atom is 0.196 e. The zero-order chi connectivity index (χ0) is 12.8. The van der Waals surface area contributed by atoms with Crippen LogP contribution in [0.5, 0.6) is 0 Å². The summed E-state index contributed by atoms with van der Waals surface area (Å²) in [5.74, 6) is 0.958. The summed E-state index contributed by atoms with van der Waals surface area (Å²) in [4.78, 5) is 6.85. The summed E-state index contributed by atoms with van der Waals surface area (Å²) in [6.07, 6.45) is 0.942. The van der Waals surface area contributed by atoms with Crippen LogP contribution in [0.1, 0.15) is 10.7 Å². The van der Waals surface area contributed by atoms with Crippen molar-refractivity contribution in [1.82, 2.24) is 25.5 Å². The minimum atomic E-state index is 0. The average molecular weight is 393 g/mol. The predicted octanol–water partition coefficient (Wildman–Crippen LogP) is 0.537. The first-order chi connectivity index (χ1) is 8.74. The number of hydrogen-bond acceptors (Lipinski definition) is 5. The highest BCUT2D eigenvalue weighted by molar-refractivity contribution is 14.0. The molecule has 0 unspecified atom stereocenters. The number of aromatic nitrogens is 4. The van der Waals surface area contributed by atoms with Crippen LogP contribution in [0.25, 0.3) is 0 Å². The monoisotopic (exact) mass is 393 g/mol. The number of guanidine groups is 1. The van der Waals surface area contributed by atoms with Gasteiger partial charge in [-0.3, -0.25) is 0 Å². The van der Waals surface area contributed by atoms with Crippen molar-refractivity contribution in [2.75, 3.05) is 6.54 Å². The highest BCUT2D eigenvalue weighted by atomic mass is 127. The van der Waals surface area contributed by atoms with Gasteiger partial charge in [0.05, 0.1) is 7.05 Å². The smallest absolute Gasteiger partial charge is 0.196 e. The van der Waals surface area contributed by atoms with Crippen LogP contribution in [-0.2, 0) is 20.0 Å². The normalized spacial score (nSPS) is 11.1. The Morgan fingerprint density at radius 1 is 1.58 bits per heavy atom. The third-order valence-electron chi connectivity index (χ3n) is 2.20. The molecular formula is C10H16IN7S. The number of thiophene rings is 1. The molecule has 19 heavy (non-hydrogen) atoms. The molecule has 0 spiro atoms. The summed E-state index contributed by atoms with van der Waals surface area (Å²) in [5.41, 5.74) is 5.73. The van der Waals surface area contributed by atoms with Gasteiger partial charge in [-0.2, -0.15) is 4.80 Å². The first-order valence-corrected chi connectivity index (χ1v) is 6.41. The lowest BCUT2D eigenvalue weighted by Crippen LogP contribution is -2.33. The fraction of sp³-hybridized carbons (Fsp3) is 0.400. The molecular weight excluding hydrogens is 377 g/mol. The number of nitrogens with zero attached hydrogens (tertiary/aromatic N) is 5. The van der Waals surface area contributed by atoms with Gasteiger partial charge in [0.1, 0.15) is 6.54 Å². The highest BCUT2D eigenvalue weighted by Crippen LogP contribution is 2.07. The lowest BCUT2D eigenvalue weighted by molar-refractivity contribution is 0.627. The Bertz CT molecular complexity index is 508. The van der Waals surface area contributed by atoms with E-state index >= 15 is 0 Å². The summed E-state index contributed by atoms with van der Waals surface area (Å²) >= 11 is 1.74. The van der Waals surface area contributed by atoms with Crippen molar-refractivity contribution in [1.29, 1.82) is 0 Å². The van der Waals surface area contributed by atoms with Crippen LogP contribution >= 0.6 is 35.3 Å². The number of halogens is 1. The molecule has 0 aliphatic heterocycles. The molecule has 0 atom stereocenters. The maximum atomic E-state index is 5.73. The molecule has 7 nitrogen and oxygen atoms in total. The van der Waals surface area contributed by atoms with E-state index in [1.54, 1.807) is 18.4 Å². The molecule has 0 saturated carbocycles. The van der Waals surface area contributed by atoms with E-state index in [9.17, 15) is 0 Å². The number of nitrogens with one attached hydrogen (secondary N) is 1. The maximum absolute atomic E-state index is 5.73. The lowest BCUT2D eigenvalue weighted by Gasteiger charge is -2.03. The van der Waals surface area contributed by atoms with E-state index in [1.807, 2.05) is 6.07 Å². The van der Waals surface area contributed by atoms with Crippen LogP contribution in [-0.4, -0.2) is 32.7 Å². The third kappa shape index (κ3) is 5.51. The van der Waals surface area contributed by atoms with Gasteiger partial charge in [-0.05, 0) is 23.1 Å². The van der Waals surface area contributed by atoms with Gasteiger partial charge in [0, 0.05) is 11.4 Å². The Morgan fingerprint density at radius 3 is 3.05 bits per heavy atom. The van der Waals surface area contributed by atoms with Crippen molar-refractivity contribution >= 4 is 41.3 Å². The Labute approximate surface area is 132 Å². The van der Waals surface area contributed by atoms with Crippen LogP contribution in [0, 0.1) is 0 Å². The van der Waals surface area contributed by atoms with Crippen molar-refractivity contribution < 1.29 is 0 Å². The molecule has 104 valence electrons. The number of aryl methyl sites for hydroxylation is 1. The zero-order valence-corrected chi connectivity index (χ0v) is 13.6. The number of rotatable bonds is 5. The molecule has 9 heteroatoms. The molecule has 0 amide bonds. The molecule has 2 aromatic rings. The van der Waals surface area contributed by atoms with Crippen molar-refractivity contribution in [2.24, 2.45) is 17.8 Å². The summed E-state index contributed by atoms with van der Waals surface area (Å²) in [7, 11) is 1.71. The molecule has 0 aromatic carbocycles. The van der Waals surface area contributed by atoms with E-state index in [2.05, 4.69) is 37.2 Å². The van der Waals surface area contributed by atoms with Gasteiger partial charge < -0.3 is 11.1 Å². The molecule has 3 N–H and O–H groups in total. The quantitative estimate of drug-likeness (QED) is 0.439. The fourth-order valence-electron chi connectivity index (χ4n) is 1.37. The van der Waals surface area contributed by atoms with Gasteiger partial charge in [-0.1, -0.05) is 6.07 Å². The fourth-order valence-corrected chi connectivity index (χ4v) is 2.08. The number of tetrazole rings is 1. The Kier molecular flexibility index (Phi) is 6.70. The topological polar surface area (TPSA) is 94.0 Å². The number of aliphatic imine (C=N–C) groups is 1. The van der Waals surface area contributed by atoms with Crippen molar-refractivity contribution in [3.63, 3.8) is 0 Å². The molecule has 0 saturated heterocycles. The Morgan fingerprint density at radius 2 is 2.42 bits per heavy atom. The summed E-state index contributed by atoms with van der Waals surface area (Å²) in [5, 5.41) is 16.7. The second-order valence-corrected chi connectivity index (χ2v) is 4.68. The largest absolute Gasteiger partial charge is 0.370 e. The third-order valence-corrected chi connectivity index (χ3v) is 3.13. The molecule has 0 bridgehead atoms. The van der Waals surface area contributed by atoms with Crippen LogP contribution in [0.3, 0.4) is 0 Å². The number of hydrogen-bond donors (Lipinski definition) is 2. The van der Waals surface area contributed by atoms with E-state index in [1.165, 1.54) is 9.67 Å². The van der Waals surface area contributed by atoms with Crippen molar-refractivity contribution in [3.05, 3.63) is 28.2 Å². The van der Waals surface area contributed by atoms with E-state index in [4.69, 9.17) is 5.73 Å². The first kappa shape index (κ1) is 15.8. The van der Waals surface area contributed by atoms with E-state index < -0.39 is 0 Å². The van der Waals surface area contributed by atoms with Crippen LogP contribution in [0.4, 0.5) is 0 Å². The van der Waals surface area contributed by atoms with Gasteiger partial charge in [0.2, 0.25) is 0 Å². The molecule has 0 fully saturated rings. The predicted molar refractivity (Wildman–Crippen MR) is 85.6 cm³/mol.